The lowest BCUT2D eigenvalue weighted by atomic mass is 9.98. The molecule has 0 saturated heterocycles. The van der Waals surface area contributed by atoms with E-state index in [1.54, 1.807) is 30.3 Å². The minimum atomic E-state index is -0.607. The number of methoxy groups -OCH3 is 1. The molecule has 0 aliphatic rings. The van der Waals surface area contributed by atoms with Crippen LogP contribution in [0.15, 0.2) is 48.5 Å². The maximum absolute atomic E-state index is 14.3. The van der Waals surface area contributed by atoms with Crippen LogP contribution in [0.2, 0.25) is 0 Å². The van der Waals surface area contributed by atoms with E-state index in [-0.39, 0.29) is 17.2 Å². The summed E-state index contributed by atoms with van der Waals surface area (Å²) in [6.07, 6.45) is 0. The van der Waals surface area contributed by atoms with Crippen molar-refractivity contribution in [3.05, 3.63) is 65.5 Å². The fourth-order valence-electron chi connectivity index (χ4n) is 3.84. The van der Waals surface area contributed by atoms with Crippen LogP contribution in [0.1, 0.15) is 20.7 Å². The van der Waals surface area contributed by atoms with Crippen LogP contribution in [0.25, 0.3) is 32.9 Å². The summed E-state index contributed by atoms with van der Waals surface area (Å²) in [5, 5.41) is 4.39. The molecule has 0 fully saturated rings. The van der Waals surface area contributed by atoms with Crippen molar-refractivity contribution in [1.29, 1.82) is 0 Å². The molecule has 0 unspecified atom stereocenters. The Bertz CT molecular complexity index is 1380. The minimum Gasteiger partial charge on any atom is -0.494 e. The predicted molar refractivity (Wildman–Crippen MR) is 127 cm³/mol. The average molecular weight is 448 g/mol. The zero-order valence-corrected chi connectivity index (χ0v) is 18.7. The number of amides is 2. The number of primary amides is 1. The van der Waals surface area contributed by atoms with Crippen LogP contribution in [0, 0.1) is 5.82 Å². The van der Waals surface area contributed by atoms with E-state index >= 15 is 0 Å². The van der Waals surface area contributed by atoms with Crippen LogP contribution in [-0.4, -0.2) is 56.0 Å². The number of benzene rings is 3. The molecule has 0 spiro atoms. The molecule has 0 bridgehead atoms. The highest BCUT2D eigenvalue weighted by Gasteiger charge is 2.17. The molecule has 1 aromatic heterocycles. The molecule has 170 valence electrons. The van der Waals surface area contributed by atoms with Crippen LogP contribution in [-0.2, 0) is 0 Å². The Balaban J connectivity index is 1.83. The molecule has 0 aliphatic carbocycles. The van der Waals surface area contributed by atoms with Gasteiger partial charge in [0, 0.05) is 34.9 Å². The van der Waals surface area contributed by atoms with Gasteiger partial charge in [0.25, 0.3) is 11.8 Å². The SMILES string of the molecule is COc1ccc(-c2cc(C(N)=O)c3[nH]c4ccc(C(=O)NCCN(C)C)cc4c3c2)cc1F. The summed E-state index contributed by atoms with van der Waals surface area (Å²) >= 11 is 0. The topological polar surface area (TPSA) is 100 Å². The van der Waals surface area contributed by atoms with Crippen molar-refractivity contribution in [2.24, 2.45) is 5.73 Å². The molecule has 2 amide bonds. The van der Waals surface area contributed by atoms with E-state index in [1.165, 1.54) is 19.2 Å². The minimum absolute atomic E-state index is 0.131. The Morgan fingerprint density at radius 3 is 2.52 bits per heavy atom. The zero-order valence-electron chi connectivity index (χ0n) is 18.7. The third-order valence-electron chi connectivity index (χ3n) is 5.57. The molecule has 0 aliphatic heterocycles. The summed E-state index contributed by atoms with van der Waals surface area (Å²) in [7, 11) is 5.27. The predicted octanol–water partition coefficient (Wildman–Crippen LogP) is 3.53. The van der Waals surface area contributed by atoms with E-state index in [9.17, 15) is 14.0 Å². The Morgan fingerprint density at radius 1 is 1.06 bits per heavy atom. The van der Waals surface area contributed by atoms with Crippen molar-refractivity contribution in [1.82, 2.24) is 15.2 Å². The molecule has 1 heterocycles. The van der Waals surface area contributed by atoms with Gasteiger partial charge in [0.15, 0.2) is 11.6 Å². The first-order chi connectivity index (χ1) is 15.8. The van der Waals surface area contributed by atoms with Gasteiger partial charge in [0.05, 0.1) is 18.2 Å². The van der Waals surface area contributed by atoms with Gasteiger partial charge in [-0.1, -0.05) is 6.07 Å². The van der Waals surface area contributed by atoms with E-state index in [1.807, 2.05) is 25.1 Å². The third-order valence-corrected chi connectivity index (χ3v) is 5.57. The van der Waals surface area contributed by atoms with Gasteiger partial charge in [-0.3, -0.25) is 9.59 Å². The highest BCUT2D eigenvalue weighted by Crippen LogP contribution is 2.34. The zero-order chi connectivity index (χ0) is 23.7. The van der Waals surface area contributed by atoms with Crippen molar-refractivity contribution in [2.45, 2.75) is 0 Å². The standard InChI is InChI=1S/C25H25FN4O3/c1-30(2)9-8-28-25(32)15-4-6-21-17(10-15)18-11-16(12-19(24(27)31)23(18)29-21)14-5-7-22(33-3)20(26)13-14/h4-7,10-13,29H,8-9H2,1-3H3,(H2,27,31)(H,28,32). The van der Waals surface area contributed by atoms with E-state index in [4.69, 9.17) is 10.5 Å². The van der Waals surface area contributed by atoms with E-state index in [0.29, 0.717) is 28.8 Å². The number of hydrogen-bond donors (Lipinski definition) is 3. The van der Waals surface area contributed by atoms with Gasteiger partial charge in [-0.05, 0) is 67.7 Å². The maximum atomic E-state index is 14.3. The molecule has 33 heavy (non-hydrogen) atoms. The number of carbonyl (C=O) groups is 2. The molecule has 0 radical (unpaired) electrons. The summed E-state index contributed by atoms with van der Waals surface area (Å²) in [5.74, 6) is -1.17. The number of aromatic amines is 1. The Morgan fingerprint density at radius 2 is 1.85 bits per heavy atom. The van der Waals surface area contributed by atoms with Crippen molar-refractivity contribution < 1.29 is 18.7 Å². The number of fused-ring (bicyclic) bond motifs is 3. The lowest BCUT2D eigenvalue weighted by Gasteiger charge is -2.10. The van der Waals surface area contributed by atoms with Crippen LogP contribution >= 0.6 is 0 Å². The summed E-state index contributed by atoms with van der Waals surface area (Å²) in [4.78, 5) is 30.1. The third kappa shape index (κ3) is 4.38. The van der Waals surface area contributed by atoms with Crippen molar-refractivity contribution in [3.8, 4) is 16.9 Å². The second-order valence-corrected chi connectivity index (χ2v) is 8.10. The van der Waals surface area contributed by atoms with E-state index < -0.39 is 11.7 Å². The lowest BCUT2D eigenvalue weighted by Crippen LogP contribution is -2.31. The van der Waals surface area contributed by atoms with Crippen molar-refractivity contribution in [3.63, 3.8) is 0 Å². The van der Waals surface area contributed by atoms with E-state index in [0.717, 1.165) is 22.8 Å². The van der Waals surface area contributed by atoms with Gasteiger partial charge in [-0.25, -0.2) is 4.39 Å². The summed E-state index contributed by atoms with van der Waals surface area (Å²) < 4.78 is 19.3. The van der Waals surface area contributed by atoms with Gasteiger partial charge in [-0.15, -0.1) is 0 Å². The normalized spacial score (nSPS) is 11.3. The van der Waals surface area contributed by atoms with Crippen LogP contribution in [0.5, 0.6) is 5.75 Å². The number of nitrogens with one attached hydrogen (secondary N) is 2. The van der Waals surface area contributed by atoms with Gasteiger partial charge in [-0.2, -0.15) is 0 Å². The number of rotatable bonds is 7. The smallest absolute Gasteiger partial charge is 0.251 e. The van der Waals surface area contributed by atoms with Gasteiger partial charge >= 0.3 is 0 Å². The number of carbonyl (C=O) groups excluding carboxylic acids is 2. The highest BCUT2D eigenvalue weighted by atomic mass is 19.1. The number of aromatic nitrogens is 1. The quantitative estimate of drug-likeness (QED) is 0.403. The monoisotopic (exact) mass is 448 g/mol. The maximum Gasteiger partial charge on any atom is 0.251 e. The van der Waals surface area contributed by atoms with Crippen LogP contribution < -0.4 is 15.8 Å². The second kappa shape index (κ2) is 8.91. The second-order valence-electron chi connectivity index (χ2n) is 8.10. The van der Waals surface area contributed by atoms with Gasteiger partial charge in [0.2, 0.25) is 0 Å². The fraction of sp³-hybridized carbons (Fsp3) is 0.200. The number of H-pyrrole nitrogens is 1. The molecular formula is C25H25FN4O3. The molecule has 0 saturated carbocycles. The molecule has 0 atom stereocenters. The van der Waals surface area contributed by atoms with E-state index in [2.05, 4.69) is 10.3 Å². The number of ether oxygens (including phenoxy) is 1. The number of halogens is 1. The number of likely N-dealkylation sites (N-methyl/N-ethyl adjacent to an activating group) is 1. The number of nitrogens with two attached hydrogens (primary N) is 1. The Kier molecular flexibility index (Phi) is 6.02. The first kappa shape index (κ1) is 22.3. The van der Waals surface area contributed by atoms with Crippen LogP contribution in [0.4, 0.5) is 4.39 Å². The summed E-state index contributed by atoms with van der Waals surface area (Å²) in [5.41, 5.74) is 8.98. The summed E-state index contributed by atoms with van der Waals surface area (Å²) in [6.45, 7) is 1.25. The largest absolute Gasteiger partial charge is 0.494 e. The number of nitrogens with zero attached hydrogens (tertiary/aromatic N) is 1. The fourth-order valence-corrected chi connectivity index (χ4v) is 3.84. The Hall–Kier alpha value is -3.91. The number of hydrogen-bond acceptors (Lipinski definition) is 4. The van der Waals surface area contributed by atoms with Gasteiger partial charge < -0.3 is 25.7 Å². The van der Waals surface area contributed by atoms with Crippen molar-refractivity contribution >= 4 is 33.6 Å². The molecule has 3 aromatic carbocycles. The molecule has 7 nitrogen and oxygen atoms in total. The first-order valence-corrected chi connectivity index (χ1v) is 10.4. The highest BCUT2D eigenvalue weighted by molar-refractivity contribution is 6.17. The Labute approximate surface area is 190 Å². The average Bonchev–Trinajstić information content (AvgIpc) is 3.15. The van der Waals surface area contributed by atoms with Gasteiger partial charge in [0.1, 0.15) is 0 Å². The molecule has 4 N–H and O–H groups in total. The first-order valence-electron chi connectivity index (χ1n) is 10.4. The van der Waals surface area contributed by atoms with Crippen LogP contribution in [0.3, 0.4) is 0 Å². The van der Waals surface area contributed by atoms with Crippen molar-refractivity contribution in [2.75, 3.05) is 34.3 Å². The molecule has 8 heteroatoms. The summed E-state index contributed by atoms with van der Waals surface area (Å²) in [6, 6.07) is 13.4. The molecule has 4 rings (SSSR count). The molecular weight excluding hydrogens is 423 g/mol. The molecule has 4 aromatic rings. The lowest BCUT2D eigenvalue weighted by molar-refractivity contribution is 0.0950.